The predicted octanol–water partition coefficient (Wildman–Crippen LogP) is 2.12. The quantitative estimate of drug-likeness (QED) is 0.704. The summed E-state index contributed by atoms with van der Waals surface area (Å²) in [6, 6.07) is 3.18. The van der Waals surface area contributed by atoms with E-state index in [1.165, 1.54) is 12.4 Å². The van der Waals surface area contributed by atoms with Crippen LogP contribution in [0, 0.1) is 11.6 Å². The van der Waals surface area contributed by atoms with Crippen LogP contribution < -0.4 is 10.1 Å². The van der Waals surface area contributed by atoms with Gasteiger partial charge in [-0.05, 0) is 12.1 Å². The molecule has 21 heavy (non-hydrogen) atoms. The summed E-state index contributed by atoms with van der Waals surface area (Å²) >= 11 is 0. The van der Waals surface area contributed by atoms with E-state index in [2.05, 4.69) is 25.5 Å². The van der Waals surface area contributed by atoms with E-state index in [1.54, 1.807) is 6.20 Å². The Morgan fingerprint density at radius 1 is 1.24 bits per heavy atom. The largest absolute Gasteiger partial charge is 0.489 e. The average molecular weight is 291 g/mol. The van der Waals surface area contributed by atoms with E-state index >= 15 is 0 Å². The monoisotopic (exact) mass is 291 g/mol. The number of benzene rings is 1. The van der Waals surface area contributed by atoms with E-state index in [-0.39, 0.29) is 12.4 Å². The number of hydrogen-bond donors (Lipinski definition) is 2. The molecule has 0 aliphatic rings. The minimum atomic E-state index is -0.728. The smallest absolute Gasteiger partial charge is 0.167 e. The number of anilines is 1. The molecule has 0 bridgehead atoms. The standard InChI is InChI=1S/C13H11F2N5O/c14-8-1-2-11(10(15)5-8)21-4-3-16-12-9-6-19-20-13(9)18-7-17-12/h1-2,5-7H,3-4H2,(H2,16,17,18,19,20). The first kappa shape index (κ1) is 13.2. The molecular formula is C13H11F2N5O. The van der Waals surface area contributed by atoms with Crippen molar-refractivity contribution in [1.29, 1.82) is 0 Å². The van der Waals surface area contributed by atoms with E-state index in [0.717, 1.165) is 17.5 Å². The molecule has 3 rings (SSSR count). The summed E-state index contributed by atoms with van der Waals surface area (Å²) in [5, 5.41) is 10.4. The van der Waals surface area contributed by atoms with Gasteiger partial charge in [0.1, 0.15) is 24.6 Å². The van der Waals surface area contributed by atoms with Crippen molar-refractivity contribution < 1.29 is 13.5 Å². The van der Waals surface area contributed by atoms with Crippen LogP contribution in [0.3, 0.4) is 0 Å². The summed E-state index contributed by atoms with van der Waals surface area (Å²) in [6.07, 6.45) is 3.02. The number of nitrogens with zero attached hydrogens (tertiary/aromatic N) is 3. The summed E-state index contributed by atoms with van der Waals surface area (Å²) in [4.78, 5) is 8.10. The van der Waals surface area contributed by atoms with Crippen LogP contribution in [-0.2, 0) is 0 Å². The van der Waals surface area contributed by atoms with Crippen molar-refractivity contribution in [3.05, 3.63) is 42.4 Å². The van der Waals surface area contributed by atoms with E-state index in [0.29, 0.717) is 18.0 Å². The van der Waals surface area contributed by atoms with Crippen molar-refractivity contribution in [3.63, 3.8) is 0 Å². The molecule has 3 aromatic rings. The fourth-order valence-corrected chi connectivity index (χ4v) is 1.83. The number of halogens is 2. The number of rotatable bonds is 5. The number of H-pyrrole nitrogens is 1. The highest BCUT2D eigenvalue weighted by atomic mass is 19.1. The van der Waals surface area contributed by atoms with Crippen molar-refractivity contribution in [2.24, 2.45) is 0 Å². The van der Waals surface area contributed by atoms with Crippen molar-refractivity contribution in [2.45, 2.75) is 0 Å². The molecule has 1 aromatic carbocycles. The van der Waals surface area contributed by atoms with Gasteiger partial charge in [0.25, 0.3) is 0 Å². The van der Waals surface area contributed by atoms with Crippen molar-refractivity contribution >= 4 is 16.9 Å². The molecule has 0 fully saturated rings. The molecule has 0 spiro atoms. The Balaban J connectivity index is 1.58. The van der Waals surface area contributed by atoms with Crippen LogP contribution in [0.4, 0.5) is 14.6 Å². The Hall–Kier alpha value is -2.77. The molecule has 2 heterocycles. The number of nitrogens with one attached hydrogen (secondary N) is 2. The van der Waals surface area contributed by atoms with E-state index in [4.69, 9.17) is 4.74 Å². The molecule has 2 N–H and O–H groups in total. The molecule has 0 atom stereocenters. The average Bonchev–Trinajstić information content (AvgIpc) is 2.94. The van der Waals surface area contributed by atoms with Gasteiger partial charge in [-0.1, -0.05) is 0 Å². The number of aromatic nitrogens is 4. The number of ether oxygens (including phenoxy) is 1. The first-order chi connectivity index (χ1) is 10.2. The highest BCUT2D eigenvalue weighted by molar-refractivity contribution is 5.85. The normalized spacial score (nSPS) is 10.8. The minimum Gasteiger partial charge on any atom is -0.489 e. The molecule has 0 amide bonds. The zero-order chi connectivity index (χ0) is 14.7. The molecule has 6 nitrogen and oxygen atoms in total. The van der Waals surface area contributed by atoms with Gasteiger partial charge >= 0.3 is 0 Å². The van der Waals surface area contributed by atoms with Gasteiger partial charge in [0.05, 0.1) is 18.1 Å². The van der Waals surface area contributed by atoms with Crippen LogP contribution in [0.15, 0.2) is 30.7 Å². The van der Waals surface area contributed by atoms with E-state index in [1.807, 2.05) is 0 Å². The molecule has 0 radical (unpaired) electrons. The number of fused-ring (bicyclic) bond motifs is 1. The molecular weight excluding hydrogens is 280 g/mol. The van der Waals surface area contributed by atoms with E-state index < -0.39 is 11.6 Å². The third-order valence-corrected chi connectivity index (χ3v) is 2.79. The number of hydrogen-bond acceptors (Lipinski definition) is 5. The molecule has 108 valence electrons. The van der Waals surface area contributed by atoms with Crippen LogP contribution in [-0.4, -0.2) is 33.3 Å². The molecule has 0 saturated carbocycles. The van der Waals surface area contributed by atoms with Crippen molar-refractivity contribution in [3.8, 4) is 5.75 Å². The molecule has 2 aromatic heterocycles. The van der Waals surface area contributed by atoms with E-state index in [9.17, 15) is 8.78 Å². The second kappa shape index (κ2) is 5.70. The maximum Gasteiger partial charge on any atom is 0.167 e. The van der Waals surface area contributed by atoms with Crippen LogP contribution in [0.2, 0.25) is 0 Å². The molecule has 0 aliphatic carbocycles. The summed E-state index contributed by atoms with van der Waals surface area (Å²) in [5.74, 6) is -0.748. The summed E-state index contributed by atoms with van der Waals surface area (Å²) < 4.78 is 31.3. The lowest BCUT2D eigenvalue weighted by Crippen LogP contribution is -2.13. The predicted molar refractivity (Wildman–Crippen MR) is 72.0 cm³/mol. The lowest BCUT2D eigenvalue weighted by atomic mass is 10.3. The summed E-state index contributed by atoms with van der Waals surface area (Å²) in [5.41, 5.74) is 0.623. The van der Waals surface area contributed by atoms with Gasteiger partial charge in [0, 0.05) is 6.07 Å². The van der Waals surface area contributed by atoms with Crippen LogP contribution in [0.5, 0.6) is 5.75 Å². The first-order valence-electron chi connectivity index (χ1n) is 6.20. The molecule has 8 heteroatoms. The fourth-order valence-electron chi connectivity index (χ4n) is 1.83. The Bertz CT molecular complexity index is 761. The van der Waals surface area contributed by atoms with Gasteiger partial charge in [-0.25, -0.2) is 18.7 Å². The molecule has 0 saturated heterocycles. The topological polar surface area (TPSA) is 75.7 Å². The first-order valence-corrected chi connectivity index (χ1v) is 6.20. The van der Waals surface area contributed by atoms with Crippen LogP contribution >= 0.6 is 0 Å². The summed E-state index contributed by atoms with van der Waals surface area (Å²) in [6.45, 7) is 0.597. The van der Waals surface area contributed by atoms with Gasteiger partial charge in [0.2, 0.25) is 0 Å². The Morgan fingerprint density at radius 3 is 3.00 bits per heavy atom. The Morgan fingerprint density at radius 2 is 2.14 bits per heavy atom. The van der Waals surface area contributed by atoms with Crippen LogP contribution in [0.1, 0.15) is 0 Å². The number of aromatic amines is 1. The Kier molecular flexibility index (Phi) is 3.59. The lowest BCUT2D eigenvalue weighted by Gasteiger charge is -2.09. The maximum absolute atomic E-state index is 13.3. The minimum absolute atomic E-state index is 0.00865. The third-order valence-electron chi connectivity index (χ3n) is 2.79. The fraction of sp³-hybridized carbons (Fsp3) is 0.154. The van der Waals surface area contributed by atoms with Crippen LogP contribution in [0.25, 0.3) is 11.0 Å². The zero-order valence-electron chi connectivity index (χ0n) is 10.8. The second-order valence-electron chi connectivity index (χ2n) is 4.20. The SMILES string of the molecule is Fc1ccc(OCCNc2ncnc3[nH]ncc23)c(F)c1. The second-order valence-corrected chi connectivity index (χ2v) is 4.20. The lowest BCUT2D eigenvalue weighted by molar-refractivity contribution is 0.314. The molecule has 0 aliphatic heterocycles. The van der Waals surface area contributed by atoms with Gasteiger partial charge < -0.3 is 10.1 Å². The Labute approximate surface area is 118 Å². The van der Waals surface area contributed by atoms with Crippen molar-refractivity contribution in [2.75, 3.05) is 18.5 Å². The molecule has 0 unspecified atom stereocenters. The van der Waals surface area contributed by atoms with Crippen molar-refractivity contribution in [1.82, 2.24) is 20.2 Å². The van der Waals surface area contributed by atoms with Gasteiger partial charge in [-0.3, -0.25) is 5.10 Å². The maximum atomic E-state index is 13.3. The van der Waals surface area contributed by atoms with Gasteiger partial charge in [0.15, 0.2) is 17.2 Å². The summed E-state index contributed by atoms with van der Waals surface area (Å²) in [7, 11) is 0. The highest BCUT2D eigenvalue weighted by Gasteiger charge is 2.06. The van der Waals surface area contributed by atoms with Gasteiger partial charge in [-0.15, -0.1) is 0 Å². The zero-order valence-corrected chi connectivity index (χ0v) is 10.8. The highest BCUT2D eigenvalue weighted by Crippen LogP contribution is 2.18. The van der Waals surface area contributed by atoms with Gasteiger partial charge in [-0.2, -0.15) is 5.10 Å². The third kappa shape index (κ3) is 2.88.